The third kappa shape index (κ3) is 5.56. The largest absolute Gasteiger partial charge is 0.492 e. The molecular weight excluding hydrogens is 360 g/mol. The second-order valence-electron chi connectivity index (χ2n) is 6.22. The van der Waals surface area contributed by atoms with E-state index in [0.29, 0.717) is 13.2 Å². The normalized spacial score (nSPS) is 15.1. The second-order valence-corrected chi connectivity index (χ2v) is 6.95. The molecule has 0 spiro atoms. The number of aryl methyl sites for hydroxylation is 1. The molecule has 0 saturated carbocycles. The summed E-state index contributed by atoms with van der Waals surface area (Å²) >= 11 is 1.50. The van der Waals surface area contributed by atoms with Gasteiger partial charge in [0.2, 0.25) is 5.13 Å². The molecule has 146 valence electrons. The summed E-state index contributed by atoms with van der Waals surface area (Å²) in [5, 5.41) is 4.43. The predicted octanol–water partition coefficient (Wildman–Crippen LogP) is 2.27. The quantitative estimate of drug-likeness (QED) is 0.446. The molecule has 2 aromatic rings. The van der Waals surface area contributed by atoms with Crippen LogP contribution < -0.4 is 15.0 Å². The molecule has 0 radical (unpaired) electrons. The van der Waals surface area contributed by atoms with Crippen LogP contribution in [0.25, 0.3) is 0 Å². The average molecular weight is 389 g/mol. The number of aromatic nitrogens is 2. The van der Waals surface area contributed by atoms with E-state index in [-0.39, 0.29) is 0 Å². The molecule has 2 heterocycles. The summed E-state index contributed by atoms with van der Waals surface area (Å²) in [6.45, 7) is 9.96. The van der Waals surface area contributed by atoms with Crippen molar-refractivity contribution in [2.45, 2.75) is 20.3 Å². The average Bonchev–Trinajstić information content (AvgIpc) is 3.21. The Labute approximate surface area is 165 Å². The molecule has 27 heavy (non-hydrogen) atoms. The minimum Gasteiger partial charge on any atom is -0.492 e. The number of anilines is 1. The van der Waals surface area contributed by atoms with Crippen LogP contribution in [0.5, 0.6) is 5.75 Å². The van der Waals surface area contributed by atoms with Crippen molar-refractivity contribution in [1.29, 1.82) is 0 Å². The second kappa shape index (κ2) is 10.1. The smallest absolute Gasteiger partial charge is 0.205 e. The number of piperazine rings is 1. The van der Waals surface area contributed by atoms with Gasteiger partial charge in [-0.05, 0) is 19.1 Å². The molecule has 8 heteroatoms. The van der Waals surface area contributed by atoms with Crippen molar-refractivity contribution in [2.24, 2.45) is 4.99 Å². The molecule has 0 amide bonds. The number of guanidine groups is 1. The summed E-state index contributed by atoms with van der Waals surface area (Å²) in [7, 11) is 0. The van der Waals surface area contributed by atoms with Crippen LogP contribution in [-0.4, -0.2) is 66.1 Å². The van der Waals surface area contributed by atoms with Crippen LogP contribution in [-0.2, 0) is 6.42 Å². The SMILES string of the molecule is CCNC(=NCCOc1ccccc1)N1CCN(c2nc(CC)ns2)CC1. The summed E-state index contributed by atoms with van der Waals surface area (Å²) in [6, 6.07) is 9.86. The minimum atomic E-state index is 0.573. The maximum Gasteiger partial charge on any atom is 0.205 e. The fourth-order valence-electron chi connectivity index (χ4n) is 2.88. The molecule has 0 unspecified atom stereocenters. The number of hydrogen-bond donors (Lipinski definition) is 1. The van der Waals surface area contributed by atoms with E-state index < -0.39 is 0 Å². The number of hydrogen-bond acceptors (Lipinski definition) is 6. The van der Waals surface area contributed by atoms with Gasteiger partial charge in [0.15, 0.2) is 5.96 Å². The van der Waals surface area contributed by atoms with Crippen LogP contribution in [0.2, 0.25) is 0 Å². The van der Waals surface area contributed by atoms with Gasteiger partial charge in [-0.15, -0.1) is 0 Å². The van der Waals surface area contributed by atoms with E-state index >= 15 is 0 Å². The summed E-state index contributed by atoms with van der Waals surface area (Å²) in [4.78, 5) is 14.0. The van der Waals surface area contributed by atoms with Crippen LogP contribution >= 0.6 is 11.5 Å². The van der Waals surface area contributed by atoms with Crippen LogP contribution in [0.15, 0.2) is 35.3 Å². The molecule has 0 aliphatic carbocycles. The van der Waals surface area contributed by atoms with E-state index in [1.54, 1.807) is 0 Å². The van der Waals surface area contributed by atoms with Crippen LogP contribution in [0.1, 0.15) is 19.7 Å². The highest BCUT2D eigenvalue weighted by atomic mass is 32.1. The van der Waals surface area contributed by atoms with Crippen molar-refractivity contribution in [1.82, 2.24) is 19.6 Å². The molecule has 1 N–H and O–H groups in total. The first kappa shape index (κ1) is 19.4. The van der Waals surface area contributed by atoms with Gasteiger partial charge in [0.05, 0.1) is 6.54 Å². The zero-order valence-electron chi connectivity index (χ0n) is 16.1. The Morgan fingerprint density at radius 3 is 2.63 bits per heavy atom. The highest BCUT2D eigenvalue weighted by molar-refractivity contribution is 7.09. The van der Waals surface area contributed by atoms with Crippen molar-refractivity contribution >= 4 is 22.6 Å². The molecule has 1 aromatic carbocycles. The van der Waals surface area contributed by atoms with E-state index in [0.717, 1.165) is 61.8 Å². The first-order valence-electron chi connectivity index (χ1n) is 9.58. The van der Waals surface area contributed by atoms with Crippen LogP contribution in [0, 0.1) is 0 Å². The highest BCUT2D eigenvalue weighted by Crippen LogP contribution is 2.19. The third-order valence-corrected chi connectivity index (χ3v) is 5.14. The number of benzene rings is 1. The lowest BCUT2D eigenvalue weighted by Crippen LogP contribution is -2.52. The van der Waals surface area contributed by atoms with Gasteiger partial charge in [-0.1, -0.05) is 25.1 Å². The molecule has 1 aliphatic heterocycles. The first-order valence-corrected chi connectivity index (χ1v) is 10.4. The Kier molecular flexibility index (Phi) is 7.27. The molecule has 7 nitrogen and oxygen atoms in total. The third-order valence-electron chi connectivity index (χ3n) is 4.32. The zero-order chi connectivity index (χ0) is 18.9. The molecular formula is C19H28N6OS. The van der Waals surface area contributed by atoms with E-state index in [1.165, 1.54) is 11.5 Å². The van der Waals surface area contributed by atoms with Gasteiger partial charge in [-0.3, -0.25) is 0 Å². The number of para-hydroxylation sites is 1. The standard InChI is InChI=1S/C19H28N6OS/c1-3-17-22-19(27-23-17)25-13-11-24(12-14-25)18(20-4-2)21-10-15-26-16-8-6-5-7-9-16/h5-9H,3-4,10-15H2,1-2H3,(H,20,21). The lowest BCUT2D eigenvalue weighted by Gasteiger charge is -2.36. The van der Waals surface area contributed by atoms with Crippen LogP contribution in [0.3, 0.4) is 0 Å². The number of nitrogens with one attached hydrogen (secondary N) is 1. The topological polar surface area (TPSA) is 65.9 Å². The van der Waals surface area contributed by atoms with E-state index in [4.69, 9.17) is 9.73 Å². The molecule has 3 rings (SSSR count). The molecule has 0 bridgehead atoms. The fraction of sp³-hybridized carbons (Fsp3) is 0.526. The fourth-order valence-corrected chi connectivity index (χ4v) is 3.69. The van der Waals surface area contributed by atoms with Gasteiger partial charge in [-0.25, -0.2) is 9.98 Å². The number of nitrogens with zero attached hydrogens (tertiary/aromatic N) is 5. The summed E-state index contributed by atoms with van der Waals surface area (Å²) in [6.07, 6.45) is 0.888. The van der Waals surface area contributed by atoms with E-state index in [9.17, 15) is 0 Å². The van der Waals surface area contributed by atoms with Gasteiger partial charge in [0.1, 0.15) is 18.2 Å². The molecule has 1 saturated heterocycles. The lowest BCUT2D eigenvalue weighted by atomic mass is 10.3. The van der Waals surface area contributed by atoms with Crippen molar-refractivity contribution < 1.29 is 4.74 Å². The molecule has 0 atom stereocenters. The van der Waals surface area contributed by atoms with E-state index in [2.05, 4.69) is 38.3 Å². The van der Waals surface area contributed by atoms with Crippen molar-refractivity contribution in [3.8, 4) is 5.75 Å². The zero-order valence-corrected chi connectivity index (χ0v) is 16.9. The Hall–Kier alpha value is -2.35. The highest BCUT2D eigenvalue weighted by Gasteiger charge is 2.21. The van der Waals surface area contributed by atoms with Crippen molar-refractivity contribution in [3.63, 3.8) is 0 Å². The first-order chi connectivity index (χ1) is 13.3. The van der Waals surface area contributed by atoms with Gasteiger partial charge < -0.3 is 19.9 Å². The number of ether oxygens (including phenoxy) is 1. The van der Waals surface area contributed by atoms with Gasteiger partial charge in [0.25, 0.3) is 0 Å². The summed E-state index contributed by atoms with van der Waals surface area (Å²) in [5.74, 6) is 2.78. The van der Waals surface area contributed by atoms with Crippen LogP contribution in [0.4, 0.5) is 5.13 Å². The molecule has 1 aliphatic rings. The number of rotatable bonds is 7. The Bertz CT molecular complexity index is 712. The Morgan fingerprint density at radius 1 is 1.19 bits per heavy atom. The summed E-state index contributed by atoms with van der Waals surface area (Å²) < 4.78 is 10.1. The molecule has 1 fully saturated rings. The van der Waals surface area contributed by atoms with Gasteiger partial charge in [0, 0.05) is 50.7 Å². The maximum atomic E-state index is 5.73. The Morgan fingerprint density at radius 2 is 1.96 bits per heavy atom. The Balaban J connectivity index is 1.49. The van der Waals surface area contributed by atoms with Crippen molar-refractivity contribution in [2.75, 3.05) is 50.8 Å². The number of aliphatic imine (C=N–C) groups is 1. The minimum absolute atomic E-state index is 0.573. The van der Waals surface area contributed by atoms with Crippen molar-refractivity contribution in [3.05, 3.63) is 36.2 Å². The maximum absolute atomic E-state index is 5.73. The predicted molar refractivity (Wildman–Crippen MR) is 111 cm³/mol. The van der Waals surface area contributed by atoms with Gasteiger partial charge >= 0.3 is 0 Å². The van der Waals surface area contributed by atoms with Gasteiger partial charge in [-0.2, -0.15) is 4.37 Å². The lowest BCUT2D eigenvalue weighted by molar-refractivity contribution is 0.325. The summed E-state index contributed by atoms with van der Waals surface area (Å²) in [5.41, 5.74) is 0. The van der Waals surface area contributed by atoms with E-state index in [1.807, 2.05) is 30.3 Å². The molecule has 1 aromatic heterocycles. The monoisotopic (exact) mass is 388 g/mol.